The van der Waals surface area contributed by atoms with Gasteiger partial charge in [0.25, 0.3) is 5.92 Å². The SMILES string of the molecule is C#Cc1c(F)ccc2cc(O)cc(-c3ncc4c(N(C)C[C@H]5N(C(=O)C=C)CCC5(F)F)nc(OCC56CCCN5CCC6)nc4c3F)c12. The minimum Gasteiger partial charge on any atom is -0.508 e. The van der Waals surface area contributed by atoms with Crippen molar-refractivity contribution in [3.05, 3.63) is 60.3 Å². The quantitative estimate of drug-likeness (QED) is 0.145. The molecule has 3 saturated heterocycles. The molecule has 2 aromatic carbocycles. The Morgan fingerprint density at radius 2 is 1.94 bits per heavy atom. The maximum absolute atomic E-state index is 16.8. The van der Waals surface area contributed by atoms with Gasteiger partial charge in [0.2, 0.25) is 5.91 Å². The summed E-state index contributed by atoms with van der Waals surface area (Å²) in [6.07, 6.45) is 11.3. The molecule has 13 heteroatoms. The zero-order valence-electron chi connectivity index (χ0n) is 26.9. The van der Waals surface area contributed by atoms with Gasteiger partial charge in [0.05, 0.1) is 16.5 Å². The Labute approximate surface area is 280 Å². The first-order valence-corrected chi connectivity index (χ1v) is 16.1. The number of amides is 1. The van der Waals surface area contributed by atoms with Crippen molar-refractivity contribution in [2.24, 2.45) is 0 Å². The summed E-state index contributed by atoms with van der Waals surface area (Å²) in [4.78, 5) is 30.8. The lowest BCUT2D eigenvalue weighted by molar-refractivity contribution is -0.130. The van der Waals surface area contributed by atoms with Crippen LogP contribution in [0.2, 0.25) is 0 Å². The summed E-state index contributed by atoms with van der Waals surface area (Å²) >= 11 is 0. The Hall–Kier alpha value is -4.96. The van der Waals surface area contributed by atoms with Gasteiger partial charge in [-0.3, -0.25) is 14.7 Å². The van der Waals surface area contributed by atoms with Gasteiger partial charge in [0.1, 0.15) is 41.2 Å². The topological polar surface area (TPSA) is 94.9 Å². The number of aromatic nitrogens is 3. The number of carbonyl (C=O) groups is 1. The normalized spacial score (nSPS) is 19.7. The van der Waals surface area contributed by atoms with Crippen LogP contribution in [0.1, 0.15) is 37.7 Å². The van der Waals surface area contributed by atoms with Crippen molar-refractivity contribution < 1.29 is 32.2 Å². The minimum absolute atomic E-state index is 0.0356. The third-order valence-electron chi connectivity index (χ3n) is 10.2. The van der Waals surface area contributed by atoms with E-state index in [0.29, 0.717) is 5.39 Å². The molecular weight excluding hydrogens is 640 g/mol. The highest BCUT2D eigenvalue weighted by Gasteiger charge is 2.51. The number of anilines is 1. The van der Waals surface area contributed by atoms with Crippen molar-refractivity contribution in [3.8, 4) is 35.4 Å². The van der Waals surface area contributed by atoms with E-state index in [9.17, 15) is 14.3 Å². The van der Waals surface area contributed by atoms with Gasteiger partial charge in [-0.15, -0.1) is 6.42 Å². The molecule has 254 valence electrons. The van der Waals surface area contributed by atoms with Crippen molar-refractivity contribution in [1.82, 2.24) is 24.8 Å². The predicted molar refractivity (Wildman–Crippen MR) is 177 cm³/mol. The molecule has 0 aliphatic carbocycles. The van der Waals surface area contributed by atoms with Crippen molar-refractivity contribution in [2.75, 3.05) is 44.7 Å². The molecule has 1 atom stereocenters. The third kappa shape index (κ3) is 5.48. The van der Waals surface area contributed by atoms with Crippen LogP contribution >= 0.6 is 0 Å². The van der Waals surface area contributed by atoms with Crippen LogP contribution < -0.4 is 9.64 Å². The van der Waals surface area contributed by atoms with E-state index in [2.05, 4.69) is 32.4 Å². The second-order valence-corrected chi connectivity index (χ2v) is 13.0. The second kappa shape index (κ2) is 12.2. The van der Waals surface area contributed by atoms with Crippen LogP contribution in [-0.2, 0) is 4.79 Å². The van der Waals surface area contributed by atoms with Gasteiger partial charge < -0.3 is 19.6 Å². The standard InChI is InChI=1S/C36H34F4N6O3/c1-4-23-26(37)9-8-21-16-22(47)17-24(29(21)23)31-30(38)32-25(18-41-31)33(44(3)19-27-36(39,40)12-15-46(27)28(48)5-2)43-34(42-32)49-20-35-10-6-13-45(35)14-7-11-35/h1,5,8-9,16-18,27,47H,2,6-7,10-15,19-20H2,3H3/t27-/m1/s1. The van der Waals surface area contributed by atoms with Crippen LogP contribution in [0, 0.1) is 24.0 Å². The maximum Gasteiger partial charge on any atom is 0.319 e. The van der Waals surface area contributed by atoms with Gasteiger partial charge in [0, 0.05) is 43.7 Å². The molecule has 49 heavy (non-hydrogen) atoms. The maximum atomic E-state index is 16.8. The lowest BCUT2D eigenvalue weighted by Gasteiger charge is -2.32. The van der Waals surface area contributed by atoms with Crippen LogP contribution in [0.25, 0.3) is 32.9 Å². The van der Waals surface area contributed by atoms with Crippen molar-refractivity contribution in [1.29, 1.82) is 0 Å². The van der Waals surface area contributed by atoms with E-state index in [1.807, 2.05) is 0 Å². The molecule has 0 unspecified atom stereocenters. The molecule has 2 aromatic heterocycles. The van der Waals surface area contributed by atoms with Gasteiger partial charge in [-0.2, -0.15) is 9.97 Å². The van der Waals surface area contributed by atoms with Crippen molar-refractivity contribution in [2.45, 2.75) is 49.6 Å². The van der Waals surface area contributed by atoms with Crippen molar-refractivity contribution >= 4 is 33.4 Å². The number of halogens is 4. The van der Waals surface area contributed by atoms with Crippen molar-refractivity contribution in [3.63, 3.8) is 0 Å². The van der Waals surface area contributed by atoms with E-state index >= 15 is 13.2 Å². The number of aromatic hydroxyl groups is 1. The number of nitrogens with zero attached hydrogens (tertiary/aromatic N) is 6. The molecule has 1 amide bonds. The first-order chi connectivity index (χ1) is 23.5. The van der Waals surface area contributed by atoms with E-state index in [1.165, 1.54) is 36.3 Å². The summed E-state index contributed by atoms with van der Waals surface area (Å²) in [7, 11) is 1.52. The molecule has 9 nitrogen and oxygen atoms in total. The Morgan fingerprint density at radius 1 is 1.18 bits per heavy atom. The number of hydrogen-bond donors (Lipinski definition) is 1. The number of ether oxygens (including phenoxy) is 1. The van der Waals surface area contributed by atoms with Crippen LogP contribution in [-0.4, -0.2) is 93.1 Å². The molecule has 0 radical (unpaired) electrons. The number of likely N-dealkylation sites (tertiary alicyclic amines) is 1. The molecule has 3 fully saturated rings. The highest BCUT2D eigenvalue weighted by atomic mass is 19.3. The number of benzene rings is 2. The van der Waals surface area contributed by atoms with Gasteiger partial charge >= 0.3 is 6.01 Å². The van der Waals surface area contributed by atoms with Crippen LogP contribution in [0.4, 0.5) is 23.4 Å². The largest absolute Gasteiger partial charge is 0.508 e. The highest BCUT2D eigenvalue weighted by molar-refractivity contribution is 6.03. The lowest BCUT2D eigenvalue weighted by atomic mass is 9.95. The summed E-state index contributed by atoms with van der Waals surface area (Å²) < 4.78 is 68.2. The van der Waals surface area contributed by atoms with E-state index in [4.69, 9.17) is 11.2 Å². The average Bonchev–Trinajstić information content (AvgIpc) is 3.75. The van der Waals surface area contributed by atoms with E-state index in [0.717, 1.165) is 55.8 Å². The summed E-state index contributed by atoms with van der Waals surface area (Å²) in [5.41, 5.74) is -0.783. The lowest BCUT2D eigenvalue weighted by Crippen LogP contribution is -2.48. The second-order valence-electron chi connectivity index (χ2n) is 13.0. The fourth-order valence-corrected chi connectivity index (χ4v) is 7.76. The fraction of sp³-hybridized carbons (Fsp3) is 0.389. The minimum atomic E-state index is -3.19. The molecule has 0 bridgehead atoms. The Bertz CT molecular complexity index is 2040. The monoisotopic (exact) mass is 674 g/mol. The van der Waals surface area contributed by atoms with E-state index < -0.39 is 35.9 Å². The van der Waals surface area contributed by atoms with E-state index in [1.54, 1.807) is 0 Å². The molecular formula is C36H34F4N6O3. The average molecular weight is 675 g/mol. The molecule has 3 aliphatic rings. The number of rotatable bonds is 8. The summed E-state index contributed by atoms with van der Waals surface area (Å²) in [6, 6.07) is 3.54. The predicted octanol–water partition coefficient (Wildman–Crippen LogP) is 5.68. The number of hydrogen-bond acceptors (Lipinski definition) is 8. The Morgan fingerprint density at radius 3 is 2.65 bits per heavy atom. The number of pyridine rings is 1. The van der Waals surface area contributed by atoms with Gasteiger partial charge in [-0.25, -0.2) is 17.6 Å². The van der Waals surface area contributed by atoms with Gasteiger partial charge in [-0.1, -0.05) is 18.6 Å². The zero-order chi connectivity index (χ0) is 34.7. The summed E-state index contributed by atoms with van der Waals surface area (Å²) in [5.74, 6) is -3.30. The number of carbonyl (C=O) groups excluding carboxylic acids is 1. The Balaban J connectivity index is 1.36. The number of fused-ring (bicyclic) bond motifs is 3. The molecule has 7 rings (SSSR count). The molecule has 3 aliphatic heterocycles. The molecule has 0 saturated carbocycles. The molecule has 4 aromatic rings. The van der Waals surface area contributed by atoms with Gasteiger partial charge in [-0.05, 0) is 68.4 Å². The number of phenols is 1. The first kappa shape index (κ1) is 32.6. The number of likely N-dealkylation sites (N-methyl/N-ethyl adjacent to an activating group) is 1. The van der Waals surface area contributed by atoms with Crippen LogP contribution in [0.5, 0.6) is 11.8 Å². The number of terminal acetylenes is 1. The molecule has 5 heterocycles. The summed E-state index contributed by atoms with van der Waals surface area (Å²) in [5, 5.41) is 11.2. The highest BCUT2D eigenvalue weighted by Crippen LogP contribution is 2.41. The molecule has 1 N–H and O–H groups in total. The molecule has 0 spiro atoms. The third-order valence-corrected chi connectivity index (χ3v) is 10.2. The van der Waals surface area contributed by atoms with E-state index in [-0.39, 0.29) is 75.9 Å². The first-order valence-electron chi connectivity index (χ1n) is 16.1. The van der Waals surface area contributed by atoms with Gasteiger partial charge in [0.15, 0.2) is 5.82 Å². The summed E-state index contributed by atoms with van der Waals surface area (Å²) in [6.45, 7) is 5.11. The zero-order valence-corrected chi connectivity index (χ0v) is 26.9. The van der Waals surface area contributed by atoms with Crippen LogP contribution in [0.15, 0.2) is 43.1 Å². The number of alkyl halides is 2. The fourth-order valence-electron chi connectivity index (χ4n) is 7.76. The smallest absolute Gasteiger partial charge is 0.319 e. The Kier molecular flexibility index (Phi) is 8.10. The number of phenolic OH excluding ortho intramolecular Hbond substituents is 1. The van der Waals surface area contributed by atoms with Crippen LogP contribution in [0.3, 0.4) is 0 Å².